The number of hydrogen-bond acceptors (Lipinski definition) is 7. The van der Waals surface area contributed by atoms with Crippen LogP contribution in [0, 0.1) is 27.7 Å². The van der Waals surface area contributed by atoms with Gasteiger partial charge in [-0.05, 0) is 46.2 Å². The number of nitrogen functional groups attached to an aromatic ring is 1. The molecule has 10 heteroatoms. The SMILES string of the molecule is CC(=O)c1c(C)[nH]c(C(=O)CSc2nnc(-n3nc(C)cc3C)n2N)c1C. The number of aromatic amines is 1. The van der Waals surface area contributed by atoms with E-state index < -0.39 is 0 Å². The van der Waals surface area contributed by atoms with Crippen molar-refractivity contribution in [2.45, 2.75) is 39.8 Å². The normalized spacial score (nSPS) is 11.1. The molecule has 0 unspecified atom stereocenters. The van der Waals surface area contributed by atoms with Gasteiger partial charge in [0.15, 0.2) is 11.6 Å². The smallest absolute Gasteiger partial charge is 0.271 e. The first-order valence-corrected chi connectivity index (χ1v) is 9.29. The summed E-state index contributed by atoms with van der Waals surface area (Å²) in [5.41, 5.74) is 4.10. The molecule has 0 bridgehead atoms. The van der Waals surface area contributed by atoms with Crippen LogP contribution in [0.25, 0.3) is 5.95 Å². The Morgan fingerprint density at radius 1 is 1.22 bits per heavy atom. The third-order valence-corrected chi connectivity index (χ3v) is 5.19. The van der Waals surface area contributed by atoms with Crippen molar-refractivity contribution in [1.29, 1.82) is 0 Å². The van der Waals surface area contributed by atoms with Crippen LogP contribution in [0.4, 0.5) is 0 Å². The number of nitrogens with one attached hydrogen (secondary N) is 1. The van der Waals surface area contributed by atoms with Crippen LogP contribution < -0.4 is 5.84 Å². The zero-order valence-corrected chi connectivity index (χ0v) is 16.6. The van der Waals surface area contributed by atoms with Crippen molar-refractivity contribution in [2.24, 2.45) is 0 Å². The van der Waals surface area contributed by atoms with Crippen LogP contribution in [-0.4, -0.2) is 47.0 Å². The van der Waals surface area contributed by atoms with Gasteiger partial charge < -0.3 is 10.8 Å². The minimum atomic E-state index is -0.135. The summed E-state index contributed by atoms with van der Waals surface area (Å²) in [5.74, 6) is 6.37. The van der Waals surface area contributed by atoms with Crippen LogP contribution in [0.5, 0.6) is 0 Å². The maximum absolute atomic E-state index is 12.6. The number of rotatable bonds is 6. The standard InChI is InChI=1S/C17H21N7O2S/c1-8-6-9(2)24(22-8)16-20-21-17(23(16)18)27-7-13(26)15-10(3)14(12(5)25)11(4)19-15/h6,19H,7,18H2,1-5H3. The van der Waals surface area contributed by atoms with Crippen molar-refractivity contribution in [3.8, 4) is 5.95 Å². The lowest BCUT2D eigenvalue weighted by Crippen LogP contribution is -2.17. The van der Waals surface area contributed by atoms with Crippen molar-refractivity contribution < 1.29 is 9.59 Å². The second-order valence-corrected chi connectivity index (χ2v) is 7.33. The number of hydrogen-bond donors (Lipinski definition) is 2. The van der Waals surface area contributed by atoms with E-state index in [0.29, 0.717) is 33.6 Å². The summed E-state index contributed by atoms with van der Waals surface area (Å²) < 4.78 is 2.91. The first-order valence-electron chi connectivity index (χ1n) is 8.31. The molecule has 0 fully saturated rings. The van der Waals surface area contributed by atoms with Gasteiger partial charge in [-0.2, -0.15) is 5.10 Å². The summed E-state index contributed by atoms with van der Waals surface area (Å²) in [6, 6.07) is 1.91. The third kappa shape index (κ3) is 3.39. The number of carbonyl (C=O) groups excluding carboxylic acids is 2. The van der Waals surface area contributed by atoms with Gasteiger partial charge in [0, 0.05) is 17.0 Å². The molecule has 0 aromatic carbocycles. The molecule has 9 nitrogen and oxygen atoms in total. The molecule has 0 atom stereocenters. The minimum absolute atomic E-state index is 0.0656. The second-order valence-electron chi connectivity index (χ2n) is 6.38. The molecule has 0 aliphatic heterocycles. The lowest BCUT2D eigenvalue weighted by atomic mass is 10.1. The zero-order valence-electron chi connectivity index (χ0n) is 15.8. The molecular weight excluding hydrogens is 366 g/mol. The van der Waals surface area contributed by atoms with Crippen molar-refractivity contribution in [2.75, 3.05) is 11.6 Å². The number of H-pyrrole nitrogens is 1. The van der Waals surface area contributed by atoms with Crippen LogP contribution in [0.1, 0.15) is 50.4 Å². The van der Waals surface area contributed by atoms with Crippen molar-refractivity contribution in [3.05, 3.63) is 40.0 Å². The van der Waals surface area contributed by atoms with Crippen molar-refractivity contribution in [3.63, 3.8) is 0 Å². The number of carbonyl (C=O) groups is 2. The number of nitrogens with zero attached hydrogens (tertiary/aromatic N) is 5. The number of nitrogens with two attached hydrogens (primary N) is 1. The Balaban J connectivity index is 1.78. The average molecular weight is 387 g/mol. The molecule has 0 radical (unpaired) electrons. The highest BCUT2D eigenvalue weighted by Gasteiger charge is 2.21. The number of ketones is 2. The molecule has 3 rings (SSSR count). The van der Waals surface area contributed by atoms with Gasteiger partial charge in [0.1, 0.15) is 0 Å². The quantitative estimate of drug-likeness (QED) is 0.376. The predicted octanol–water partition coefficient (Wildman–Crippen LogP) is 1.92. The lowest BCUT2D eigenvalue weighted by Gasteiger charge is -2.05. The summed E-state index contributed by atoms with van der Waals surface area (Å²) in [6.45, 7) is 8.82. The Bertz CT molecular complexity index is 1040. The molecule has 3 aromatic heterocycles. The number of thioether (sulfide) groups is 1. The molecule has 3 heterocycles. The molecule has 0 saturated carbocycles. The number of Topliss-reactive ketones (excluding diaryl/α,β-unsaturated/α-hetero) is 2. The lowest BCUT2D eigenvalue weighted by molar-refractivity contribution is 0.101. The monoisotopic (exact) mass is 387 g/mol. The van der Waals surface area contributed by atoms with Crippen LogP contribution in [-0.2, 0) is 0 Å². The Hall–Kier alpha value is -2.88. The highest BCUT2D eigenvalue weighted by Crippen LogP contribution is 2.23. The Kier molecular flexibility index (Phi) is 4.92. The van der Waals surface area contributed by atoms with Gasteiger partial charge in [-0.15, -0.1) is 10.2 Å². The fraction of sp³-hybridized carbons (Fsp3) is 0.353. The van der Waals surface area contributed by atoms with E-state index >= 15 is 0 Å². The molecule has 0 amide bonds. The molecule has 142 valence electrons. The summed E-state index contributed by atoms with van der Waals surface area (Å²) in [7, 11) is 0. The molecule has 0 aliphatic rings. The van der Waals surface area contributed by atoms with Gasteiger partial charge in [0.05, 0.1) is 17.1 Å². The molecule has 3 N–H and O–H groups in total. The fourth-order valence-corrected chi connectivity index (χ4v) is 3.83. The van der Waals surface area contributed by atoms with E-state index in [4.69, 9.17) is 5.84 Å². The van der Waals surface area contributed by atoms with Gasteiger partial charge in [-0.1, -0.05) is 11.8 Å². The maximum atomic E-state index is 12.6. The predicted molar refractivity (Wildman–Crippen MR) is 102 cm³/mol. The minimum Gasteiger partial charge on any atom is -0.355 e. The molecule has 0 aliphatic carbocycles. The molecular formula is C17H21N7O2S. The Morgan fingerprint density at radius 3 is 2.48 bits per heavy atom. The number of aryl methyl sites for hydroxylation is 3. The summed E-state index contributed by atoms with van der Waals surface area (Å²) >= 11 is 1.18. The van der Waals surface area contributed by atoms with Crippen LogP contribution in [0.2, 0.25) is 0 Å². The largest absolute Gasteiger partial charge is 0.355 e. The summed E-state index contributed by atoms with van der Waals surface area (Å²) in [5, 5.41) is 12.9. The van der Waals surface area contributed by atoms with Crippen LogP contribution >= 0.6 is 11.8 Å². The van der Waals surface area contributed by atoms with E-state index in [2.05, 4.69) is 20.3 Å². The highest BCUT2D eigenvalue weighted by molar-refractivity contribution is 7.99. The summed E-state index contributed by atoms with van der Waals surface area (Å²) in [6.07, 6.45) is 0. The molecule has 0 spiro atoms. The van der Waals surface area contributed by atoms with Crippen LogP contribution in [0.15, 0.2) is 11.2 Å². The van der Waals surface area contributed by atoms with Crippen molar-refractivity contribution >= 4 is 23.3 Å². The molecule has 0 saturated heterocycles. The average Bonchev–Trinajstić information content (AvgIpc) is 3.20. The first kappa shape index (κ1) is 18.9. The van der Waals surface area contributed by atoms with Gasteiger partial charge in [0.25, 0.3) is 5.95 Å². The van der Waals surface area contributed by atoms with Gasteiger partial charge in [0.2, 0.25) is 5.16 Å². The highest BCUT2D eigenvalue weighted by atomic mass is 32.2. The van der Waals surface area contributed by atoms with E-state index in [0.717, 1.165) is 11.4 Å². The Labute approximate surface area is 160 Å². The van der Waals surface area contributed by atoms with Gasteiger partial charge in [-0.3, -0.25) is 9.59 Å². The first-order chi connectivity index (χ1) is 12.7. The van der Waals surface area contributed by atoms with E-state index in [1.54, 1.807) is 18.5 Å². The topological polar surface area (TPSA) is 124 Å². The molecule has 27 heavy (non-hydrogen) atoms. The second kappa shape index (κ2) is 7.03. The zero-order chi connectivity index (χ0) is 19.9. The number of aromatic nitrogens is 6. The summed E-state index contributed by atoms with van der Waals surface area (Å²) in [4.78, 5) is 27.3. The van der Waals surface area contributed by atoms with Gasteiger partial charge >= 0.3 is 0 Å². The van der Waals surface area contributed by atoms with E-state index in [-0.39, 0.29) is 17.3 Å². The van der Waals surface area contributed by atoms with E-state index in [9.17, 15) is 9.59 Å². The fourth-order valence-electron chi connectivity index (χ4n) is 3.10. The third-order valence-electron chi connectivity index (χ3n) is 4.25. The van der Waals surface area contributed by atoms with Gasteiger partial charge in [-0.25, -0.2) is 9.36 Å². The van der Waals surface area contributed by atoms with Crippen molar-refractivity contribution in [1.82, 2.24) is 29.6 Å². The van der Waals surface area contributed by atoms with Crippen LogP contribution in [0.3, 0.4) is 0 Å². The van der Waals surface area contributed by atoms with E-state index in [1.807, 2.05) is 19.9 Å². The van der Waals surface area contributed by atoms with E-state index in [1.165, 1.54) is 23.4 Å². The Morgan fingerprint density at radius 2 is 1.93 bits per heavy atom. The molecule has 3 aromatic rings. The maximum Gasteiger partial charge on any atom is 0.271 e.